The van der Waals surface area contributed by atoms with E-state index in [9.17, 15) is 9.59 Å². The van der Waals surface area contributed by atoms with Gasteiger partial charge in [-0.1, -0.05) is 46.9 Å². The van der Waals surface area contributed by atoms with Crippen molar-refractivity contribution < 1.29 is 14.7 Å². The summed E-state index contributed by atoms with van der Waals surface area (Å²) >= 11 is 17.8. The molecule has 7 heteroatoms. The number of halogens is 3. The van der Waals surface area contributed by atoms with E-state index in [1.54, 1.807) is 24.3 Å². The highest BCUT2D eigenvalue weighted by molar-refractivity contribution is 6.41. The summed E-state index contributed by atoms with van der Waals surface area (Å²) < 4.78 is 0. The van der Waals surface area contributed by atoms with E-state index in [0.29, 0.717) is 0 Å². The fourth-order valence-corrected chi connectivity index (χ4v) is 2.45. The molecule has 2 N–H and O–H groups in total. The molecule has 0 aliphatic heterocycles. The van der Waals surface area contributed by atoms with Crippen LogP contribution in [0.5, 0.6) is 0 Å². The van der Waals surface area contributed by atoms with Gasteiger partial charge in [-0.15, -0.1) is 0 Å². The maximum atomic E-state index is 12.1. The molecular weight excluding hydrogens is 337 g/mol. The van der Waals surface area contributed by atoms with Gasteiger partial charge in [-0.25, -0.2) is 4.79 Å². The molecule has 0 radical (unpaired) electrons. The molecule has 0 saturated heterocycles. The van der Waals surface area contributed by atoms with Crippen LogP contribution < -0.4 is 5.32 Å². The number of carbonyl (C=O) groups excluding carboxylic acids is 1. The number of carboxylic acid groups (broad SMARTS) is 1. The van der Waals surface area contributed by atoms with Crippen molar-refractivity contribution in [3.05, 3.63) is 62.6 Å². The second-order valence-electron chi connectivity index (χ2n) is 4.05. The second-order valence-corrected chi connectivity index (χ2v) is 5.28. The second kappa shape index (κ2) is 6.35. The van der Waals surface area contributed by atoms with Crippen molar-refractivity contribution in [1.29, 1.82) is 0 Å². The lowest BCUT2D eigenvalue weighted by atomic mass is 10.1. The molecule has 108 valence electrons. The van der Waals surface area contributed by atoms with Crippen molar-refractivity contribution >= 4 is 52.4 Å². The number of amides is 1. The first-order valence-corrected chi connectivity index (χ1v) is 6.81. The summed E-state index contributed by atoms with van der Waals surface area (Å²) in [6.45, 7) is 0. The van der Waals surface area contributed by atoms with Crippen LogP contribution in [0.1, 0.15) is 20.7 Å². The van der Waals surface area contributed by atoms with Gasteiger partial charge in [0.25, 0.3) is 5.91 Å². The molecule has 4 nitrogen and oxygen atoms in total. The van der Waals surface area contributed by atoms with Crippen molar-refractivity contribution in [2.24, 2.45) is 0 Å². The standard InChI is InChI=1S/C14H8Cl3NO3/c15-9-4-2-1-3-8(9)13(19)18-12-10(16)5-7(14(20)21)6-11(12)17/h1-6H,(H,18,19)(H,20,21). The third kappa shape index (κ3) is 3.47. The molecule has 0 atom stereocenters. The van der Waals surface area contributed by atoms with Crippen LogP contribution in [-0.4, -0.2) is 17.0 Å². The monoisotopic (exact) mass is 343 g/mol. The molecule has 0 heterocycles. The Morgan fingerprint density at radius 3 is 2.05 bits per heavy atom. The number of aromatic carboxylic acids is 1. The first kappa shape index (κ1) is 15.6. The van der Waals surface area contributed by atoms with Gasteiger partial charge < -0.3 is 10.4 Å². The lowest BCUT2D eigenvalue weighted by Gasteiger charge is -2.11. The molecule has 0 unspecified atom stereocenters. The Bertz CT molecular complexity index is 708. The summed E-state index contributed by atoms with van der Waals surface area (Å²) in [5, 5.41) is 11.8. The van der Waals surface area contributed by atoms with Crippen molar-refractivity contribution in [2.45, 2.75) is 0 Å². The van der Waals surface area contributed by atoms with Gasteiger partial charge in [0.1, 0.15) is 0 Å². The highest BCUT2D eigenvalue weighted by atomic mass is 35.5. The van der Waals surface area contributed by atoms with E-state index in [1.165, 1.54) is 12.1 Å². The maximum Gasteiger partial charge on any atom is 0.335 e. The van der Waals surface area contributed by atoms with Gasteiger partial charge in [-0.05, 0) is 24.3 Å². The van der Waals surface area contributed by atoms with Crippen LogP contribution in [-0.2, 0) is 0 Å². The Kier molecular flexibility index (Phi) is 4.73. The molecule has 0 aliphatic rings. The molecule has 2 aromatic rings. The van der Waals surface area contributed by atoms with Crippen LogP contribution in [0, 0.1) is 0 Å². The molecule has 21 heavy (non-hydrogen) atoms. The summed E-state index contributed by atoms with van der Waals surface area (Å²) in [5.74, 6) is -1.66. The molecule has 2 rings (SSSR count). The fraction of sp³-hybridized carbons (Fsp3) is 0. The average Bonchev–Trinajstić information content (AvgIpc) is 2.42. The van der Waals surface area contributed by atoms with Gasteiger partial charge in [0.2, 0.25) is 0 Å². The molecule has 0 saturated carbocycles. The fourth-order valence-electron chi connectivity index (χ4n) is 1.64. The average molecular weight is 345 g/mol. The van der Waals surface area contributed by atoms with Crippen molar-refractivity contribution in [3.8, 4) is 0 Å². The Morgan fingerprint density at radius 2 is 1.52 bits per heavy atom. The summed E-state index contributed by atoms with van der Waals surface area (Å²) in [5.41, 5.74) is 0.322. The zero-order valence-corrected chi connectivity index (χ0v) is 12.6. The minimum atomic E-state index is -1.16. The number of anilines is 1. The zero-order valence-electron chi connectivity index (χ0n) is 10.4. The maximum absolute atomic E-state index is 12.1. The molecule has 0 spiro atoms. The van der Waals surface area contributed by atoms with Gasteiger partial charge in [-0.2, -0.15) is 0 Å². The molecule has 2 aromatic carbocycles. The highest BCUT2D eigenvalue weighted by Crippen LogP contribution is 2.32. The van der Waals surface area contributed by atoms with Crippen LogP contribution >= 0.6 is 34.8 Å². The Morgan fingerprint density at radius 1 is 0.952 bits per heavy atom. The smallest absolute Gasteiger partial charge is 0.335 e. The summed E-state index contributed by atoms with van der Waals surface area (Å²) in [6.07, 6.45) is 0. The van der Waals surface area contributed by atoms with Crippen molar-refractivity contribution in [3.63, 3.8) is 0 Å². The molecule has 1 amide bonds. The molecular formula is C14H8Cl3NO3. The van der Waals surface area contributed by atoms with Crippen LogP contribution in [0.3, 0.4) is 0 Å². The number of hydrogen-bond donors (Lipinski definition) is 2. The SMILES string of the molecule is O=C(O)c1cc(Cl)c(NC(=O)c2ccccc2Cl)c(Cl)c1. The Hall–Kier alpha value is -1.75. The van der Waals surface area contributed by atoms with E-state index in [0.717, 1.165) is 0 Å². The third-order valence-electron chi connectivity index (χ3n) is 2.65. The van der Waals surface area contributed by atoms with Crippen LogP contribution in [0.4, 0.5) is 5.69 Å². The predicted molar refractivity (Wildman–Crippen MR) is 82.8 cm³/mol. The first-order valence-electron chi connectivity index (χ1n) is 5.68. The molecule has 0 aromatic heterocycles. The van der Waals surface area contributed by atoms with E-state index in [4.69, 9.17) is 39.9 Å². The van der Waals surface area contributed by atoms with Crippen LogP contribution in [0.2, 0.25) is 15.1 Å². The number of carboxylic acids is 1. The van der Waals surface area contributed by atoms with Gasteiger partial charge in [0.05, 0.1) is 31.9 Å². The number of rotatable bonds is 3. The van der Waals surface area contributed by atoms with Crippen molar-refractivity contribution in [2.75, 3.05) is 5.32 Å². The Balaban J connectivity index is 2.34. The van der Waals surface area contributed by atoms with Crippen LogP contribution in [0.15, 0.2) is 36.4 Å². The quantitative estimate of drug-likeness (QED) is 0.855. The minimum absolute atomic E-state index is 0.0281. The first-order chi connectivity index (χ1) is 9.90. The predicted octanol–water partition coefficient (Wildman–Crippen LogP) is 4.60. The number of hydrogen-bond acceptors (Lipinski definition) is 2. The van der Waals surface area contributed by atoms with Gasteiger partial charge in [0, 0.05) is 0 Å². The topological polar surface area (TPSA) is 66.4 Å². The third-order valence-corrected chi connectivity index (χ3v) is 3.57. The van der Waals surface area contributed by atoms with E-state index < -0.39 is 11.9 Å². The van der Waals surface area contributed by atoms with E-state index in [2.05, 4.69) is 5.32 Å². The van der Waals surface area contributed by atoms with E-state index in [-0.39, 0.29) is 31.9 Å². The number of nitrogens with one attached hydrogen (secondary N) is 1. The van der Waals surface area contributed by atoms with Crippen molar-refractivity contribution in [1.82, 2.24) is 0 Å². The van der Waals surface area contributed by atoms with E-state index >= 15 is 0 Å². The normalized spacial score (nSPS) is 10.2. The largest absolute Gasteiger partial charge is 0.478 e. The molecule has 0 aliphatic carbocycles. The number of carbonyl (C=O) groups is 2. The summed E-state index contributed by atoms with van der Waals surface area (Å²) in [4.78, 5) is 23.0. The van der Waals surface area contributed by atoms with Gasteiger partial charge in [0.15, 0.2) is 0 Å². The van der Waals surface area contributed by atoms with Gasteiger partial charge in [-0.3, -0.25) is 4.79 Å². The zero-order chi connectivity index (χ0) is 15.6. The highest BCUT2D eigenvalue weighted by Gasteiger charge is 2.16. The molecule has 0 bridgehead atoms. The summed E-state index contributed by atoms with van der Waals surface area (Å²) in [7, 11) is 0. The Labute approximate surface area is 135 Å². The van der Waals surface area contributed by atoms with E-state index in [1.807, 2.05) is 0 Å². The lowest BCUT2D eigenvalue weighted by Crippen LogP contribution is -2.13. The molecule has 0 fully saturated rings. The van der Waals surface area contributed by atoms with Crippen LogP contribution in [0.25, 0.3) is 0 Å². The minimum Gasteiger partial charge on any atom is -0.478 e. The van der Waals surface area contributed by atoms with Gasteiger partial charge >= 0.3 is 5.97 Å². The number of benzene rings is 2. The summed E-state index contributed by atoms with van der Waals surface area (Å²) in [6, 6.07) is 8.90. The lowest BCUT2D eigenvalue weighted by molar-refractivity contribution is 0.0696.